The highest BCUT2D eigenvalue weighted by molar-refractivity contribution is 4.68. The molecule has 2 heteroatoms. The molecular weight excluding hydrogens is 134 g/mol. The molecule has 0 aromatic carbocycles. The molecule has 0 amide bonds. The van der Waals surface area contributed by atoms with E-state index in [0.717, 1.165) is 6.92 Å². The summed E-state index contributed by atoms with van der Waals surface area (Å²) in [5.41, 5.74) is 0. The summed E-state index contributed by atoms with van der Waals surface area (Å²) in [6.07, 6.45) is 0.601. The fourth-order valence-electron chi connectivity index (χ4n) is 0.914. The van der Waals surface area contributed by atoms with Crippen LogP contribution in [0.5, 0.6) is 0 Å². The number of hydrogen-bond donors (Lipinski definition) is 0. The summed E-state index contributed by atoms with van der Waals surface area (Å²) in [6.45, 7) is 6.50. The third-order valence-corrected chi connectivity index (χ3v) is 1.69. The van der Waals surface area contributed by atoms with E-state index in [2.05, 4.69) is 0 Å². The van der Waals surface area contributed by atoms with Crippen molar-refractivity contribution in [3.63, 3.8) is 0 Å². The Morgan fingerprint density at radius 3 is 1.70 bits per heavy atom. The highest BCUT2D eigenvalue weighted by Crippen LogP contribution is 2.28. The van der Waals surface area contributed by atoms with Crippen LogP contribution in [-0.2, 0) is 0 Å². The van der Waals surface area contributed by atoms with Crippen LogP contribution in [0.4, 0.5) is 8.78 Å². The molecule has 0 rings (SSSR count). The second kappa shape index (κ2) is 3.31. The van der Waals surface area contributed by atoms with Crippen molar-refractivity contribution in [2.45, 2.75) is 40.0 Å². The first kappa shape index (κ1) is 9.86. The van der Waals surface area contributed by atoms with Gasteiger partial charge < -0.3 is 0 Å². The maximum absolute atomic E-state index is 12.5. The minimum absolute atomic E-state index is 0.362. The first-order valence-corrected chi connectivity index (χ1v) is 3.72. The first-order valence-electron chi connectivity index (χ1n) is 3.72. The molecule has 1 unspecified atom stereocenters. The number of rotatable bonds is 3. The van der Waals surface area contributed by atoms with Gasteiger partial charge in [0, 0.05) is 5.92 Å². The lowest BCUT2D eigenvalue weighted by atomic mass is 9.94. The Morgan fingerprint density at radius 1 is 1.20 bits per heavy atom. The van der Waals surface area contributed by atoms with E-state index in [1.54, 1.807) is 6.92 Å². The Kier molecular flexibility index (Phi) is 3.26. The largest absolute Gasteiger partial charge is 0.247 e. The Hall–Kier alpha value is -0.140. The van der Waals surface area contributed by atoms with Gasteiger partial charge in [-0.15, -0.1) is 0 Å². The zero-order valence-electron chi connectivity index (χ0n) is 7.12. The number of hydrogen-bond acceptors (Lipinski definition) is 0. The molecular formula is C8H16F2. The molecule has 0 saturated heterocycles. The fraction of sp³-hybridized carbons (Fsp3) is 1.00. The molecule has 62 valence electrons. The van der Waals surface area contributed by atoms with Crippen molar-refractivity contribution < 1.29 is 8.78 Å². The molecule has 0 bridgehead atoms. The molecule has 0 aliphatic carbocycles. The molecule has 0 aromatic heterocycles. The SMILES string of the molecule is CC(C)CC(C)C(C)(F)F. The number of alkyl halides is 2. The van der Waals surface area contributed by atoms with Gasteiger partial charge in [0.1, 0.15) is 0 Å². The summed E-state index contributed by atoms with van der Waals surface area (Å²) in [5.74, 6) is -2.64. The molecule has 0 saturated carbocycles. The third kappa shape index (κ3) is 3.80. The van der Waals surface area contributed by atoms with Gasteiger partial charge in [-0.3, -0.25) is 0 Å². The standard InChI is InChI=1S/C8H16F2/c1-6(2)5-7(3)8(4,9)10/h6-7H,5H2,1-4H3. The van der Waals surface area contributed by atoms with Crippen LogP contribution in [0.1, 0.15) is 34.1 Å². The van der Waals surface area contributed by atoms with E-state index in [4.69, 9.17) is 0 Å². The topological polar surface area (TPSA) is 0 Å². The predicted octanol–water partition coefficient (Wildman–Crippen LogP) is 3.32. The smallest absolute Gasteiger partial charge is 0.207 e. The molecule has 0 aromatic rings. The second-order valence-electron chi connectivity index (χ2n) is 3.49. The third-order valence-electron chi connectivity index (χ3n) is 1.69. The van der Waals surface area contributed by atoms with Crippen molar-refractivity contribution in [2.75, 3.05) is 0 Å². The summed E-state index contributed by atoms with van der Waals surface area (Å²) in [5, 5.41) is 0. The van der Waals surface area contributed by atoms with Crippen LogP contribution >= 0.6 is 0 Å². The van der Waals surface area contributed by atoms with Crippen LogP contribution < -0.4 is 0 Å². The van der Waals surface area contributed by atoms with Crippen LogP contribution in [0.3, 0.4) is 0 Å². The highest BCUT2D eigenvalue weighted by Gasteiger charge is 2.29. The van der Waals surface area contributed by atoms with Crippen LogP contribution in [0.2, 0.25) is 0 Å². The lowest BCUT2D eigenvalue weighted by Crippen LogP contribution is -2.22. The Bertz CT molecular complexity index is 91.9. The van der Waals surface area contributed by atoms with Crippen molar-refractivity contribution in [3.05, 3.63) is 0 Å². The molecule has 0 spiro atoms. The summed E-state index contributed by atoms with van der Waals surface area (Å²) in [6, 6.07) is 0. The van der Waals surface area contributed by atoms with Crippen LogP contribution in [0.25, 0.3) is 0 Å². The van der Waals surface area contributed by atoms with Gasteiger partial charge in [0.05, 0.1) is 0 Å². The van der Waals surface area contributed by atoms with Crippen molar-refractivity contribution in [1.82, 2.24) is 0 Å². The molecule has 0 nitrogen and oxygen atoms in total. The van der Waals surface area contributed by atoms with Gasteiger partial charge in [-0.1, -0.05) is 20.8 Å². The van der Waals surface area contributed by atoms with Gasteiger partial charge in [0.25, 0.3) is 0 Å². The average molecular weight is 150 g/mol. The summed E-state index contributed by atoms with van der Waals surface area (Å²) >= 11 is 0. The number of halogens is 2. The summed E-state index contributed by atoms with van der Waals surface area (Å²) in [4.78, 5) is 0. The maximum atomic E-state index is 12.5. The fourth-order valence-corrected chi connectivity index (χ4v) is 0.914. The quantitative estimate of drug-likeness (QED) is 0.579. The van der Waals surface area contributed by atoms with Gasteiger partial charge in [-0.25, -0.2) is 8.78 Å². The molecule has 0 aliphatic heterocycles. The van der Waals surface area contributed by atoms with E-state index in [1.165, 1.54) is 0 Å². The highest BCUT2D eigenvalue weighted by atomic mass is 19.3. The summed E-state index contributed by atoms with van der Waals surface area (Å²) in [7, 11) is 0. The maximum Gasteiger partial charge on any atom is 0.247 e. The van der Waals surface area contributed by atoms with Gasteiger partial charge in [-0.05, 0) is 19.3 Å². The van der Waals surface area contributed by atoms with Gasteiger partial charge >= 0.3 is 0 Å². The molecule has 0 radical (unpaired) electrons. The van der Waals surface area contributed by atoms with Crippen molar-refractivity contribution in [1.29, 1.82) is 0 Å². The molecule has 0 aliphatic rings. The lowest BCUT2D eigenvalue weighted by molar-refractivity contribution is -0.0394. The molecule has 1 atom stereocenters. The minimum atomic E-state index is -2.51. The minimum Gasteiger partial charge on any atom is -0.207 e. The summed E-state index contributed by atoms with van der Waals surface area (Å²) < 4.78 is 25.0. The van der Waals surface area contributed by atoms with Crippen molar-refractivity contribution in [3.8, 4) is 0 Å². The van der Waals surface area contributed by atoms with E-state index < -0.39 is 11.8 Å². The van der Waals surface area contributed by atoms with E-state index in [-0.39, 0.29) is 0 Å². The van der Waals surface area contributed by atoms with Crippen molar-refractivity contribution in [2.24, 2.45) is 11.8 Å². The second-order valence-corrected chi connectivity index (χ2v) is 3.49. The van der Waals surface area contributed by atoms with Crippen LogP contribution in [0.15, 0.2) is 0 Å². The molecule has 0 heterocycles. The van der Waals surface area contributed by atoms with E-state index >= 15 is 0 Å². The molecule has 0 N–H and O–H groups in total. The van der Waals surface area contributed by atoms with Gasteiger partial charge in [-0.2, -0.15) is 0 Å². The molecule has 10 heavy (non-hydrogen) atoms. The average Bonchev–Trinajstić information content (AvgIpc) is 1.60. The monoisotopic (exact) mass is 150 g/mol. The van der Waals surface area contributed by atoms with Crippen molar-refractivity contribution >= 4 is 0 Å². The Morgan fingerprint density at radius 2 is 1.60 bits per heavy atom. The Labute approximate surface area is 61.6 Å². The van der Waals surface area contributed by atoms with Crippen LogP contribution in [-0.4, -0.2) is 5.92 Å². The van der Waals surface area contributed by atoms with Gasteiger partial charge in [0.2, 0.25) is 5.92 Å². The zero-order chi connectivity index (χ0) is 8.36. The molecule has 0 fully saturated rings. The van der Waals surface area contributed by atoms with E-state index in [1.807, 2.05) is 13.8 Å². The lowest BCUT2D eigenvalue weighted by Gasteiger charge is -2.20. The van der Waals surface area contributed by atoms with E-state index in [9.17, 15) is 8.78 Å². The zero-order valence-corrected chi connectivity index (χ0v) is 7.12. The van der Waals surface area contributed by atoms with E-state index in [0.29, 0.717) is 12.3 Å². The normalized spacial score (nSPS) is 15.9. The van der Waals surface area contributed by atoms with Crippen LogP contribution in [0, 0.1) is 11.8 Å². The first-order chi connectivity index (χ1) is 4.34. The Balaban J connectivity index is 3.73. The van der Waals surface area contributed by atoms with Gasteiger partial charge in [0.15, 0.2) is 0 Å². The predicted molar refractivity (Wildman–Crippen MR) is 39.2 cm³/mol.